The van der Waals surface area contributed by atoms with E-state index in [4.69, 9.17) is 14.9 Å². The zero-order valence-electron chi connectivity index (χ0n) is 17.6. The number of ether oxygens (including phenoxy) is 1. The average molecular weight is 431 g/mol. The number of hydrogen-bond acceptors (Lipinski definition) is 6. The number of likely N-dealkylation sites (tertiary alicyclic amines) is 1. The largest absolute Gasteiger partial charge is 0.481 e. The minimum atomic E-state index is -1.08. The fourth-order valence-corrected chi connectivity index (χ4v) is 3.24. The van der Waals surface area contributed by atoms with E-state index in [1.165, 1.54) is 4.90 Å². The number of nitrogens with one attached hydrogen (secondary N) is 1. The maximum atomic E-state index is 12.6. The summed E-state index contributed by atoms with van der Waals surface area (Å²) in [6.45, 7) is 8.14. The molecular weight excluding hydrogens is 398 g/mol. The number of aliphatic carboxylic acids is 2. The Morgan fingerprint density at radius 2 is 1.53 bits per heavy atom. The Morgan fingerprint density at radius 1 is 0.967 bits per heavy atom. The van der Waals surface area contributed by atoms with Gasteiger partial charge in [0, 0.05) is 32.2 Å². The molecule has 172 valence electrons. The first-order valence-corrected chi connectivity index (χ1v) is 10.1. The first-order chi connectivity index (χ1) is 14.1. The highest BCUT2D eigenvalue weighted by Gasteiger charge is 2.36. The Labute approximate surface area is 176 Å². The van der Waals surface area contributed by atoms with Gasteiger partial charge in [0.05, 0.1) is 32.0 Å². The molecule has 11 heteroatoms. The zero-order chi connectivity index (χ0) is 22.7. The molecule has 2 heterocycles. The van der Waals surface area contributed by atoms with Gasteiger partial charge in [-0.2, -0.15) is 0 Å². The highest BCUT2D eigenvalue weighted by atomic mass is 16.5. The standard InChI is InChI=1S/C15H27N3O4.C4H6O4/c1-11(2)8-16-13-7-12(9-18(10-13)15(20)21)14(19)17-3-5-22-6-4-17;5-3(6)1-2-4(7)8/h11-13,16H,3-10H2,1-2H3,(H,20,21);1-2H2,(H,5,6)(H,7,8). The minimum absolute atomic E-state index is 0.0437. The number of hydrogen-bond donors (Lipinski definition) is 4. The van der Waals surface area contributed by atoms with Crippen molar-refractivity contribution in [3.05, 3.63) is 0 Å². The molecule has 0 radical (unpaired) electrons. The molecule has 0 aromatic heterocycles. The third-order valence-electron chi connectivity index (χ3n) is 4.76. The Balaban J connectivity index is 0.000000479. The fourth-order valence-electron chi connectivity index (χ4n) is 3.24. The smallest absolute Gasteiger partial charge is 0.407 e. The molecule has 0 aromatic carbocycles. The summed E-state index contributed by atoms with van der Waals surface area (Å²) in [7, 11) is 0. The summed E-state index contributed by atoms with van der Waals surface area (Å²) in [6, 6.07) is 0.0437. The van der Waals surface area contributed by atoms with Gasteiger partial charge < -0.3 is 35.2 Å². The van der Waals surface area contributed by atoms with Crippen LogP contribution in [0.2, 0.25) is 0 Å². The lowest BCUT2D eigenvalue weighted by molar-refractivity contribution is -0.143. The van der Waals surface area contributed by atoms with Crippen molar-refractivity contribution >= 4 is 23.9 Å². The first-order valence-electron chi connectivity index (χ1n) is 10.1. The summed E-state index contributed by atoms with van der Waals surface area (Å²) in [5.74, 6) is -1.85. The molecule has 2 atom stereocenters. The van der Waals surface area contributed by atoms with Crippen molar-refractivity contribution in [3.8, 4) is 0 Å². The van der Waals surface area contributed by atoms with Crippen LogP contribution in [0.25, 0.3) is 0 Å². The molecule has 0 saturated carbocycles. The van der Waals surface area contributed by atoms with Gasteiger partial charge >= 0.3 is 18.0 Å². The van der Waals surface area contributed by atoms with Crippen molar-refractivity contribution in [1.82, 2.24) is 15.1 Å². The summed E-state index contributed by atoms with van der Waals surface area (Å²) in [6.07, 6.45) is -0.840. The molecule has 0 aliphatic carbocycles. The van der Waals surface area contributed by atoms with Crippen molar-refractivity contribution in [1.29, 1.82) is 0 Å². The van der Waals surface area contributed by atoms with E-state index in [1.54, 1.807) is 4.90 Å². The summed E-state index contributed by atoms with van der Waals surface area (Å²) in [5.41, 5.74) is 0. The average Bonchev–Trinajstić information content (AvgIpc) is 2.71. The molecule has 0 bridgehead atoms. The molecule has 4 N–H and O–H groups in total. The second-order valence-corrected chi connectivity index (χ2v) is 7.84. The van der Waals surface area contributed by atoms with Crippen LogP contribution in [0.4, 0.5) is 4.79 Å². The lowest BCUT2D eigenvalue weighted by Crippen LogP contribution is -2.55. The number of carboxylic acids is 2. The zero-order valence-corrected chi connectivity index (χ0v) is 17.6. The van der Waals surface area contributed by atoms with Crippen molar-refractivity contribution in [2.75, 3.05) is 45.9 Å². The van der Waals surface area contributed by atoms with Gasteiger partial charge in [0.25, 0.3) is 0 Å². The molecule has 2 aliphatic heterocycles. The summed E-state index contributed by atoms with van der Waals surface area (Å²) in [4.78, 5) is 46.4. The van der Waals surface area contributed by atoms with Crippen LogP contribution in [0.5, 0.6) is 0 Å². The first kappa shape index (κ1) is 25.6. The number of carbonyl (C=O) groups excluding carboxylic acids is 1. The second kappa shape index (κ2) is 13.0. The van der Waals surface area contributed by atoms with Gasteiger partial charge in [0.15, 0.2) is 0 Å². The number of nitrogens with zero attached hydrogens (tertiary/aromatic N) is 2. The summed E-state index contributed by atoms with van der Waals surface area (Å²) < 4.78 is 5.27. The predicted molar refractivity (Wildman–Crippen MR) is 106 cm³/mol. The molecule has 2 rings (SSSR count). The van der Waals surface area contributed by atoms with Crippen LogP contribution in [0.15, 0.2) is 0 Å². The van der Waals surface area contributed by atoms with E-state index in [-0.39, 0.29) is 30.7 Å². The Bertz CT molecular complexity index is 578. The third kappa shape index (κ3) is 9.88. The molecular formula is C19H33N3O8. The van der Waals surface area contributed by atoms with Gasteiger partial charge in [-0.05, 0) is 18.9 Å². The van der Waals surface area contributed by atoms with Crippen LogP contribution >= 0.6 is 0 Å². The maximum absolute atomic E-state index is 12.6. The van der Waals surface area contributed by atoms with E-state index in [0.29, 0.717) is 51.7 Å². The predicted octanol–water partition coefficient (Wildman–Crippen LogP) is 0.395. The van der Waals surface area contributed by atoms with Gasteiger partial charge in [0.1, 0.15) is 0 Å². The normalized spacial score (nSPS) is 21.6. The molecule has 0 aromatic rings. The van der Waals surface area contributed by atoms with Gasteiger partial charge in [-0.3, -0.25) is 14.4 Å². The Kier molecular flexibility index (Phi) is 11.1. The highest BCUT2D eigenvalue weighted by molar-refractivity contribution is 5.80. The lowest BCUT2D eigenvalue weighted by Gasteiger charge is -2.39. The van der Waals surface area contributed by atoms with Gasteiger partial charge in [-0.25, -0.2) is 4.79 Å². The molecule has 2 amide bonds. The topological polar surface area (TPSA) is 157 Å². The van der Waals surface area contributed by atoms with Crippen LogP contribution in [0.1, 0.15) is 33.1 Å². The van der Waals surface area contributed by atoms with Crippen molar-refractivity contribution < 1.29 is 39.2 Å². The SMILES string of the molecule is CC(C)CNC1CC(C(=O)N2CCOCC2)CN(C(=O)O)C1.O=C(O)CCC(=O)O. The number of carbonyl (C=O) groups is 4. The maximum Gasteiger partial charge on any atom is 0.407 e. The van der Waals surface area contributed by atoms with Gasteiger partial charge in [-0.1, -0.05) is 13.8 Å². The number of amides is 2. The van der Waals surface area contributed by atoms with Crippen molar-refractivity contribution in [2.24, 2.45) is 11.8 Å². The molecule has 2 unspecified atom stereocenters. The highest BCUT2D eigenvalue weighted by Crippen LogP contribution is 2.20. The molecule has 30 heavy (non-hydrogen) atoms. The van der Waals surface area contributed by atoms with Gasteiger partial charge in [-0.15, -0.1) is 0 Å². The van der Waals surface area contributed by atoms with E-state index in [9.17, 15) is 24.3 Å². The van der Waals surface area contributed by atoms with E-state index in [0.717, 1.165) is 6.54 Å². The van der Waals surface area contributed by atoms with Crippen LogP contribution in [0.3, 0.4) is 0 Å². The van der Waals surface area contributed by atoms with Gasteiger partial charge in [0.2, 0.25) is 5.91 Å². The van der Waals surface area contributed by atoms with Crippen molar-refractivity contribution in [3.63, 3.8) is 0 Å². The summed E-state index contributed by atoms with van der Waals surface area (Å²) >= 11 is 0. The molecule has 2 fully saturated rings. The number of morpholine rings is 1. The van der Waals surface area contributed by atoms with Crippen LogP contribution in [0, 0.1) is 11.8 Å². The minimum Gasteiger partial charge on any atom is -0.481 e. The van der Waals surface area contributed by atoms with E-state index in [2.05, 4.69) is 19.2 Å². The molecule has 0 spiro atoms. The summed E-state index contributed by atoms with van der Waals surface area (Å²) in [5, 5.41) is 28.5. The van der Waals surface area contributed by atoms with Crippen LogP contribution in [-0.2, 0) is 19.1 Å². The quantitative estimate of drug-likeness (QED) is 0.448. The van der Waals surface area contributed by atoms with Crippen LogP contribution in [-0.4, -0.2) is 101 Å². The Hall–Kier alpha value is -2.40. The molecule has 11 nitrogen and oxygen atoms in total. The monoisotopic (exact) mass is 431 g/mol. The number of piperidine rings is 1. The molecule has 2 aliphatic rings. The van der Waals surface area contributed by atoms with Crippen molar-refractivity contribution in [2.45, 2.75) is 39.2 Å². The Morgan fingerprint density at radius 3 is 2.00 bits per heavy atom. The second-order valence-electron chi connectivity index (χ2n) is 7.84. The van der Waals surface area contributed by atoms with E-state index >= 15 is 0 Å². The lowest BCUT2D eigenvalue weighted by atomic mass is 9.92. The van der Waals surface area contributed by atoms with E-state index in [1.807, 2.05) is 0 Å². The van der Waals surface area contributed by atoms with E-state index < -0.39 is 18.0 Å². The number of rotatable bonds is 7. The number of carboxylic acid groups (broad SMARTS) is 3. The fraction of sp³-hybridized carbons (Fsp3) is 0.789. The third-order valence-corrected chi connectivity index (χ3v) is 4.76. The molecule has 2 saturated heterocycles. The van der Waals surface area contributed by atoms with Crippen LogP contribution < -0.4 is 5.32 Å².